The molecule has 0 heterocycles. The third-order valence-electron chi connectivity index (χ3n) is 6.92. The first-order chi connectivity index (χ1) is 16.4. The molecule has 7 heteroatoms. The number of hydrogen-bond acceptors (Lipinski definition) is 4. The summed E-state index contributed by atoms with van der Waals surface area (Å²) in [6.07, 6.45) is -0.598. The maximum absolute atomic E-state index is 13.0. The van der Waals surface area contributed by atoms with Crippen molar-refractivity contribution in [2.45, 2.75) is 53.5 Å². The molecule has 0 radical (unpaired) electrons. The van der Waals surface area contributed by atoms with Gasteiger partial charge in [-0.3, -0.25) is 9.59 Å². The second kappa shape index (κ2) is 10.1. The summed E-state index contributed by atoms with van der Waals surface area (Å²) in [6, 6.07) is 15.7. The van der Waals surface area contributed by atoms with Gasteiger partial charge in [0.2, 0.25) is 5.91 Å². The molecule has 7 nitrogen and oxygen atoms in total. The highest BCUT2D eigenvalue weighted by Gasteiger charge is 2.42. The smallest absolute Gasteiger partial charge is 0.407 e. The molecule has 1 aliphatic rings. The van der Waals surface area contributed by atoms with E-state index in [1.165, 1.54) is 0 Å². The van der Waals surface area contributed by atoms with E-state index in [1.807, 2.05) is 38.1 Å². The first-order valence-corrected chi connectivity index (χ1v) is 12.0. The van der Waals surface area contributed by atoms with Crippen LogP contribution in [0.3, 0.4) is 0 Å². The van der Waals surface area contributed by atoms with Crippen LogP contribution in [0.2, 0.25) is 0 Å². The van der Waals surface area contributed by atoms with Crippen molar-refractivity contribution < 1.29 is 24.2 Å². The van der Waals surface area contributed by atoms with Crippen LogP contribution in [0.4, 0.5) is 4.79 Å². The lowest BCUT2D eigenvalue weighted by Gasteiger charge is -2.36. The van der Waals surface area contributed by atoms with Gasteiger partial charge in [-0.05, 0) is 55.9 Å². The Balaban J connectivity index is 1.59. The van der Waals surface area contributed by atoms with E-state index in [1.54, 1.807) is 27.7 Å². The largest absolute Gasteiger partial charge is 0.481 e. The monoisotopic (exact) mass is 480 g/mol. The van der Waals surface area contributed by atoms with Crippen LogP contribution >= 0.6 is 0 Å². The Labute approximate surface area is 207 Å². The Morgan fingerprint density at radius 3 is 1.94 bits per heavy atom. The molecule has 2 aromatic rings. The second-order valence-corrected chi connectivity index (χ2v) is 10.8. The Kier molecular flexibility index (Phi) is 7.58. The van der Waals surface area contributed by atoms with Gasteiger partial charge in [0.1, 0.15) is 6.61 Å². The molecule has 2 amide bonds. The second-order valence-electron chi connectivity index (χ2n) is 10.8. The van der Waals surface area contributed by atoms with Crippen molar-refractivity contribution in [3.8, 4) is 11.1 Å². The maximum Gasteiger partial charge on any atom is 0.407 e. The molecular weight excluding hydrogens is 444 g/mol. The van der Waals surface area contributed by atoms with Crippen molar-refractivity contribution >= 4 is 18.0 Å². The molecule has 0 bridgehead atoms. The van der Waals surface area contributed by atoms with Crippen LogP contribution in [0, 0.1) is 16.7 Å². The molecule has 2 aromatic carbocycles. The molecule has 0 aromatic heterocycles. The van der Waals surface area contributed by atoms with E-state index >= 15 is 0 Å². The minimum Gasteiger partial charge on any atom is -0.481 e. The first-order valence-electron chi connectivity index (χ1n) is 12.0. The predicted octanol–water partition coefficient (Wildman–Crippen LogP) is 4.80. The van der Waals surface area contributed by atoms with E-state index in [2.05, 4.69) is 34.9 Å². The van der Waals surface area contributed by atoms with Gasteiger partial charge in [-0.15, -0.1) is 0 Å². The SMILES string of the molecule is CC(C)C(NC(=O)C(C)(C)CNC(=O)OCC1c2ccccc2-c2ccccc21)C(C)(C)C(=O)O. The zero-order valence-electron chi connectivity index (χ0n) is 21.3. The normalized spacial score (nSPS) is 14.1. The Hall–Kier alpha value is -3.35. The van der Waals surface area contributed by atoms with Gasteiger partial charge in [0, 0.05) is 18.5 Å². The van der Waals surface area contributed by atoms with E-state index in [0.717, 1.165) is 22.3 Å². The van der Waals surface area contributed by atoms with E-state index < -0.39 is 28.9 Å². The number of carboxylic acid groups (broad SMARTS) is 1. The summed E-state index contributed by atoms with van der Waals surface area (Å²) >= 11 is 0. The average Bonchev–Trinajstić information content (AvgIpc) is 3.13. The van der Waals surface area contributed by atoms with Gasteiger partial charge >= 0.3 is 12.1 Å². The van der Waals surface area contributed by atoms with Gasteiger partial charge in [0.25, 0.3) is 0 Å². The highest BCUT2D eigenvalue weighted by atomic mass is 16.5. The number of nitrogens with one attached hydrogen (secondary N) is 2. The summed E-state index contributed by atoms with van der Waals surface area (Å²) in [4.78, 5) is 37.3. The molecule has 1 atom stereocenters. The summed E-state index contributed by atoms with van der Waals surface area (Å²) in [7, 11) is 0. The first kappa shape index (κ1) is 26.3. The third kappa shape index (κ3) is 5.50. The lowest BCUT2D eigenvalue weighted by atomic mass is 9.77. The van der Waals surface area contributed by atoms with Gasteiger partial charge in [-0.25, -0.2) is 4.79 Å². The van der Waals surface area contributed by atoms with Crippen molar-refractivity contribution in [1.29, 1.82) is 0 Å². The summed E-state index contributed by atoms with van der Waals surface area (Å²) in [5.74, 6) is -1.44. The van der Waals surface area contributed by atoms with Gasteiger partial charge in [-0.1, -0.05) is 62.4 Å². The Morgan fingerprint density at radius 1 is 0.943 bits per heavy atom. The molecule has 0 spiro atoms. The fraction of sp³-hybridized carbons (Fsp3) is 0.464. The maximum atomic E-state index is 13.0. The van der Waals surface area contributed by atoms with Crippen molar-refractivity contribution in [3.05, 3.63) is 59.7 Å². The van der Waals surface area contributed by atoms with Gasteiger partial charge in [-0.2, -0.15) is 0 Å². The van der Waals surface area contributed by atoms with E-state index in [4.69, 9.17) is 4.74 Å². The third-order valence-corrected chi connectivity index (χ3v) is 6.92. The summed E-state index contributed by atoms with van der Waals surface area (Å²) in [5.41, 5.74) is 2.45. The fourth-order valence-electron chi connectivity index (χ4n) is 4.67. The molecule has 0 saturated carbocycles. The van der Waals surface area contributed by atoms with Crippen LogP contribution in [-0.4, -0.2) is 42.3 Å². The van der Waals surface area contributed by atoms with E-state index in [9.17, 15) is 19.5 Å². The molecule has 1 aliphatic carbocycles. The highest BCUT2D eigenvalue weighted by Crippen LogP contribution is 2.44. The number of carboxylic acids is 1. The summed E-state index contributed by atoms with van der Waals surface area (Å²) < 4.78 is 5.56. The topological polar surface area (TPSA) is 105 Å². The van der Waals surface area contributed by atoms with E-state index in [-0.39, 0.29) is 30.9 Å². The van der Waals surface area contributed by atoms with Crippen molar-refractivity contribution in [3.63, 3.8) is 0 Å². The molecular formula is C28H36N2O5. The Bertz CT molecular complexity index is 1060. The molecule has 3 N–H and O–H groups in total. The van der Waals surface area contributed by atoms with Gasteiger partial charge in [0.05, 0.1) is 10.8 Å². The lowest BCUT2D eigenvalue weighted by Crippen LogP contribution is -2.56. The molecule has 188 valence electrons. The highest BCUT2D eigenvalue weighted by molar-refractivity contribution is 5.84. The van der Waals surface area contributed by atoms with Crippen LogP contribution in [0.5, 0.6) is 0 Å². The fourth-order valence-corrected chi connectivity index (χ4v) is 4.67. The van der Waals surface area contributed by atoms with Crippen LogP contribution in [0.25, 0.3) is 11.1 Å². The zero-order chi connectivity index (χ0) is 26.0. The number of rotatable bonds is 9. The number of hydrogen-bond donors (Lipinski definition) is 3. The minimum absolute atomic E-state index is 0.0468. The van der Waals surface area contributed by atoms with Crippen molar-refractivity contribution in [2.24, 2.45) is 16.7 Å². The quantitative estimate of drug-likeness (QED) is 0.478. The number of benzene rings is 2. The van der Waals surface area contributed by atoms with Gasteiger partial charge < -0.3 is 20.5 Å². The van der Waals surface area contributed by atoms with Crippen LogP contribution in [0.15, 0.2) is 48.5 Å². The molecule has 3 rings (SSSR count). The van der Waals surface area contributed by atoms with Crippen molar-refractivity contribution in [2.75, 3.05) is 13.2 Å². The van der Waals surface area contributed by atoms with E-state index in [0.29, 0.717) is 0 Å². The Morgan fingerprint density at radius 2 is 1.46 bits per heavy atom. The average molecular weight is 481 g/mol. The minimum atomic E-state index is -1.14. The number of carbonyl (C=O) groups excluding carboxylic acids is 2. The number of ether oxygens (including phenoxy) is 1. The molecule has 0 saturated heterocycles. The van der Waals surface area contributed by atoms with Crippen LogP contribution in [0.1, 0.15) is 58.6 Å². The number of aliphatic carboxylic acids is 1. The summed E-state index contributed by atoms with van der Waals surface area (Å²) in [6.45, 7) is 10.6. The summed E-state index contributed by atoms with van der Waals surface area (Å²) in [5, 5.41) is 15.2. The molecule has 0 fully saturated rings. The number of alkyl carbamates (subject to hydrolysis) is 1. The van der Waals surface area contributed by atoms with Crippen LogP contribution in [-0.2, 0) is 14.3 Å². The molecule has 1 unspecified atom stereocenters. The lowest BCUT2D eigenvalue weighted by molar-refractivity contribution is -0.150. The molecule has 0 aliphatic heterocycles. The number of amides is 2. The van der Waals surface area contributed by atoms with Gasteiger partial charge in [0.15, 0.2) is 0 Å². The van der Waals surface area contributed by atoms with Crippen LogP contribution < -0.4 is 10.6 Å². The predicted molar refractivity (Wildman–Crippen MR) is 135 cm³/mol. The van der Waals surface area contributed by atoms with Crippen molar-refractivity contribution in [1.82, 2.24) is 10.6 Å². The number of carbonyl (C=O) groups is 3. The number of fused-ring (bicyclic) bond motifs is 3. The molecule has 35 heavy (non-hydrogen) atoms. The zero-order valence-corrected chi connectivity index (χ0v) is 21.3. The standard InChI is InChI=1S/C28H36N2O5/c1-17(2)23(28(5,6)25(32)33)30-24(31)27(3,4)16-29-26(34)35-15-22-20-13-9-7-11-18(20)19-12-8-10-14-21(19)22/h7-14,17,22-23H,15-16H2,1-6H3,(H,29,34)(H,30,31)(H,32,33).